The maximum Gasteiger partial charge on any atom is 0.273 e. The predicted octanol–water partition coefficient (Wildman–Crippen LogP) is 3.08. The predicted molar refractivity (Wildman–Crippen MR) is 93.2 cm³/mol. The van der Waals surface area contributed by atoms with Gasteiger partial charge in [0.2, 0.25) is 0 Å². The Bertz CT molecular complexity index is 861. The van der Waals surface area contributed by atoms with Crippen molar-refractivity contribution in [1.29, 1.82) is 0 Å². The standard InChI is InChI=1S/C19H19FN4O/c1-14-12-16(9-10-17(14)20)24-13-18(22-23-24)19(25)21-11-5-8-15-6-3-2-4-7-15/h2-4,6-7,9-10,12-13H,5,8,11H2,1H3,(H,21,25). The fourth-order valence-corrected chi connectivity index (χ4v) is 2.50. The molecule has 1 heterocycles. The van der Waals surface area contributed by atoms with Crippen LogP contribution in [-0.4, -0.2) is 27.4 Å². The zero-order valence-corrected chi connectivity index (χ0v) is 13.9. The minimum absolute atomic E-state index is 0.238. The van der Waals surface area contributed by atoms with E-state index in [9.17, 15) is 9.18 Å². The Kier molecular flexibility index (Phi) is 5.18. The molecule has 5 nitrogen and oxygen atoms in total. The van der Waals surface area contributed by atoms with Gasteiger partial charge >= 0.3 is 0 Å². The Morgan fingerprint density at radius 2 is 2.00 bits per heavy atom. The zero-order chi connectivity index (χ0) is 17.6. The van der Waals surface area contributed by atoms with Crippen molar-refractivity contribution in [2.75, 3.05) is 6.54 Å². The van der Waals surface area contributed by atoms with E-state index in [0.29, 0.717) is 17.8 Å². The normalized spacial score (nSPS) is 10.6. The Morgan fingerprint density at radius 3 is 2.76 bits per heavy atom. The molecule has 6 heteroatoms. The van der Waals surface area contributed by atoms with E-state index >= 15 is 0 Å². The quantitative estimate of drug-likeness (QED) is 0.703. The molecule has 0 spiro atoms. The Labute approximate surface area is 145 Å². The second-order valence-corrected chi connectivity index (χ2v) is 5.83. The second-order valence-electron chi connectivity index (χ2n) is 5.83. The molecule has 2 aromatic carbocycles. The number of amides is 1. The number of aryl methyl sites for hydroxylation is 2. The lowest BCUT2D eigenvalue weighted by Gasteiger charge is -2.03. The van der Waals surface area contributed by atoms with Gasteiger partial charge in [-0.15, -0.1) is 5.10 Å². The fourth-order valence-electron chi connectivity index (χ4n) is 2.50. The fraction of sp³-hybridized carbons (Fsp3) is 0.211. The lowest BCUT2D eigenvalue weighted by atomic mass is 10.1. The molecule has 0 radical (unpaired) electrons. The highest BCUT2D eigenvalue weighted by atomic mass is 19.1. The first-order valence-corrected chi connectivity index (χ1v) is 8.14. The van der Waals surface area contributed by atoms with Crippen molar-refractivity contribution in [2.45, 2.75) is 19.8 Å². The SMILES string of the molecule is Cc1cc(-n2cc(C(=O)NCCCc3ccccc3)nn2)ccc1F. The van der Waals surface area contributed by atoms with E-state index in [-0.39, 0.29) is 17.4 Å². The van der Waals surface area contributed by atoms with Crippen LogP contribution in [0.5, 0.6) is 0 Å². The van der Waals surface area contributed by atoms with Crippen molar-refractivity contribution >= 4 is 5.91 Å². The summed E-state index contributed by atoms with van der Waals surface area (Å²) in [4.78, 5) is 12.1. The molecule has 0 saturated carbocycles. The summed E-state index contributed by atoms with van der Waals surface area (Å²) in [6.07, 6.45) is 3.29. The van der Waals surface area contributed by atoms with Crippen LogP contribution in [-0.2, 0) is 6.42 Å². The number of aromatic nitrogens is 3. The summed E-state index contributed by atoms with van der Waals surface area (Å²) < 4.78 is 14.8. The van der Waals surface area contributed by atoms with Crippen LogP contribution in [0.4, 0.5) is 4.39 Å². The van der Waals surface area contributed by atoms with Crippen molar-refractivity contribution in [2.24, 2.45) is 0 Å². The van der Waals surface area contributed by atoms with Gasteiger partial charge < -0.3 is 5.32 Å². The molecule has 3 rings (SSSR count). The van der Waals surface area contributed by atoms with E-state index < -0.39 is 0 Å². The lowest BCUT2D eigenvalue weighted by molar-refractivity contribution is 0.0948. The topological polar surface area (TPSA) is 59.8 Å². The van der Waals surface area contributed by atoms with Gasteiger partial charge in [-0.3, -0.25) is 4.79 Å². The Balaban J connectivity index is 1.54. The van der Waals surface area contributed by atoms with Crippen LogP contribution in [0.25, 0.3) is 5.69 Å². The third-order valence-corrected chi connectivity index (χ3v) is 3.90. The molecule has 0 unspecified atom stereocenters. The van der Waals surface area contributed by atoms with E-state index in [1.54, 1.807) is 25.3 Å². The molecule has 1 amide bonds. The van der Waals surface area contributed by atoms with Crippen LogP contribution < -0.4 is 5.32 Å². The molecule has 0 fully saturated rings. The molecule has 1 N–H and O–H groups in total. The average Bonchev–Trinajstić information content (AvgIpc) is 3.12. The second kappa shape index (κ2) is 7.70. The largest absolute Gasteiger partial charge is 0.351 e. The van der Waals surface area contributed by atoms with Gasteiger partial charge in [-0.2, -0.15) is 0 Å². The summed E-state index contributed by atoms with van der Waals surface area (Å²) in [6, 6.07) is 14.7. The molecular formula is C19H19FN4O. The number of benzene rings is 2. The van der Waals surface area contributed by atoms with E-state index in [1.807, 2.05) is 18.2 Å². The number of rotatable bonds is 6. The minimum Gasteiger partial charge on any atom is -0.351 e. The lowest BCUT2D eigenvalue weighted by Crippen LogP contribution is -2.25. The summed E-state index contributed by atoms with van der Waals surface area (Å²) in [5, 5.41) is 10.7. The summed E-state index contributed by atoms with van der Waals surface area (Å²) in [7, 11) is 0. The summed E-state index contributed by atoms with van der Waals surface area (Å²) in [6.45, 7) is 2.24. The van der Waals surface area contributed by atoms with Crippen LogP contribution in [0, 0.1) is 12.7 Å². The maximum atomic E-state index is 13.3. The van der Waals surface area contributed by atoms with Gasteiger partial charge in [-0.25, -0.2) is 9.07 Å². The van der Waals surface area contributed by atoms with E-state index in [0.717, 1.165) is 12.8 Å². The van der Waals surface area contributed by atoms with E-state index in [1.165, 1.54) is 16.3 Å². The molecule has 128 valence electrons. The van der Waals surface area contributed by atoms with Gasteiger partial charge in [0.1, 0.15) is 5.82 Å². The first-order valence-electron chi connectivity index (χ1n) is 8.14. The minimum atomic E-state index is -0.278. The van der Waals surface area contributed by atoms with Gasteiger partial charge in [0, 0.05) is 6.54 Å². The van der Waals surface area contributed by atoms with Crippen LogP contribution in [0.15, 0.2) is 54.7 Å². The third kappa shape index (κ3) is 4.29. The number of carbonyl (C=O) groups is 1. The molecule has 0 bridgehead atoms. The number of hydrogen-bond donors (Lipinski definition) is 1. The molecule has 3 aromatic rings. The van der Waals surface area contributed by atoms with Gasteiger partial charge in [0.05, 0.1) is 11.9 Å². The van der Waals surface area contributed by atoms with Crippen molar-refractivity contribution < 1.29 is 9.18 Å². The number of nitrogens with one attached hydrogen (secondary N) is 1. The van der Waals surface area contributed by atoms with Gasteiger partial charge in [-0.1, -0.05) is 35.5 Å². The molecule has 0 aliphatic rings. The third-order valence-electron chi connectivity index (χ3n) is 3.90. The first kappa shape index (κ1) is 16.8. The molecule has 0 atom stereocenters. The van der Waals surface area contributed by atoms with Crippen molar-refractivity contribution in [3.05, 3.63) is 77.4 Å². The van der Waals surface area contributed by atoms with Crippen molar-refractivity contribution in [1.82, 2.24) is 20.3 Å². The number of halogens is 1. The highest BCUT2D eigenvalue weighted by Crippen LogP contribution is 2.12. The highest BCUT2D eigenvalue weighted by Gasteiger charge is 2.11. The zero-order valence-electron chi connectivity index (χ0n) is 13.9. The van der Waals surface area contributed by atoms with Crippen molar-refractivity contribution in [3.8, 4) is 5.69 Å². The molecule has 0 saturated heterocycles. The smallest absolute Gasteiger partial charge is 0.273 e. The van der Waals surface area contributed by atoms with Crippen LogP contribution in [0.1, 0.15) is 28.0 Å². The van der Waals surface area contributed by atoms with Gasteiger partial charge in [0.25, 0.3) is 5.91 Å². The summed E-state index contributed by atoms with van der Waals surface area (Å²) >= 11 is 0. The maximum absolute atomic E-state index is 13.3. The number of nitrogens with zero attached hydrogens (tertiary/aromatic N) is 3. The van der Waals surface area contributed by atoms with E-state index in [4.69, 9.17) is 0 Å². The highest BCUT2D eigenvalue weighted by molar-refractivity contribution is 5.91. The van der Waals surface area contributed by atoms with Gasteiger partial charge in [0.15, 0.2) is 5.69 Å². The van der Waals surface area contributed by atoms with Crippen LogP contribution in [0.3, 0.4) is 0 Å². The van der Waals surface area contributed by atoms with Crippen LogP contribution >= 0.6 is 0 Å². The summed E-state index contributed by atoms with van der Waals surface area (Å²) in [5.41, 5.74) is 2.66. The average molecular weight is 338 g/mol. The Hall–Kier alpha value is -3.02. The first-order chi connectivity index (χ1) is 12.1. The molecule has 0 aliphatic heterocycles. The number of hydrogen-bond acceptors (Lipinski definition) is 3. The van der Waals surface area contributed by atoms with Gasteiger partial charge in [-0.05, 0) is 49.1 Å². The molecular weight excluding hydrogens is 319 g/mol. The van der Waals surface area contributed by atoms with Crippen molar-refractivity contribution in [3.63, 3.8) is 0 Å². The Morgan fingerprint density at radius 1 is 1.20 bits per heavy atom. The van der Waals surface area contributed by atoms with Crippen LogP contribution in [0.2, 0.25) is 0 Å². The summed E-state index contributed by atoms with van der Waals surface area (Å²) in [5.74, 6) is -0.543. The molecule has 1 aromatic heterocycles. The van der Waals surface area contributed by atoms with E-state index in [2.05, 4.69) is 27.8 Å². The monoisotopic (exact) mass is 338 g/mol. The molecule has 0 aliphatic carbocycles. The number of carbonyl (C=O) groups excluding carboxylic acids is 1. The molecule has 25 heavy (non-hydrogen) atoms.